The van der Waals surface area contributed by atoms with Gasteiger partial charge in [-0.2, -0.15) is 8.42 Å². The van der Waals surface area contributed by atoms with Crippen molar-refractivity contribution in [3.05, 3.63) is 88.9 Å². The maximum absolute atomic E-state index is 13.3. The molecule has 3 aromatic rings. The highest BCUT2D eigenvalue weighted by molar-refractivity contribution is 9.10. The lowest BCUT2D eigenvalue weighted by Gasteiger charge is -2.16. The highest BCUT2D eigenvalue weighted by Gasteiger charge is 2.41. The van der Waals surface area contributed by atoms with E-state index in [1.807, 2.05) is 19.1 Å². The van der Waals surface area contributed by atoms with Crippen LogP contribution in [0.5, 0.6) is 0 Å². The van der Waals surface area contributed by atoms with E-state index >= 15 is 0 Å². The Morgan fingerprint density at radius 2 is 1.68 bits per heavy atom. The summed E-state index contributed by atoms with van der Waals surface area (Å²) in [6, 6.07) is 22.0. The first-order valence-corrected chi connectivity index (χ1v) is 13.4. The number of hydrogen-bond acceptors (Lipinski definition) is 5. The van der Waals surface area contributed by atoms with Crippen LogP contribution in [0.15, 0.2) is 92.6 Å². The fourth-order valence-corrected chi connectivity index (χ4v) is 5.85. The van der Waals surface area contributed by atoms with Crippen molar-refractivity contribution in [2.75, 3.05) is 10.2 Å². The van der Waals surface area contributed by atoms with Gasteiger partial charge in [0.1, 0.15) is 5.25 Å². The van der Waals surface area contributed by atoms with E-state index in [1.54, 1.807) is 54.6 Å². The summed E-state index contributed by atoms with van der Waals surface area (Å²) in [5, 5.41) is 1.97. The summed E-state index contributed by atoms with van der Waals surface area (Å²) in [6.07, 6.45) is -0.127. The lowest BCUT2D eigenvalue weighted by molar-refractivity contribution is -0.121. The third kappa shape index (κ3) is 5.57. The maximum Gasteiger partial charge on any atom is 0.284 e. The molecule has 0 radical (unpaired) electrons. The highest BCUT2D eigenvalue weighted by Crippen LogP contribution is 2.35. The fourth-order valence-electron chi connectivity index (χ4n) is 3.25. The van der Waals surface area contributed by atoms with Gasteiger partial charge in [0.25, 0.3) is 10.0 Å². The van der Waals surface area contributed by atoms with Crippen molar-refractivity contribution < 1.29 is 18.0 Å². The van der Waals surface area contributed by atoms with Gasteiger partial charge in [-0.25, -0.2) is 0 Å². The topological polar surface area (TPSA) is 95.9 Å². The number of para-hydroxylation sites is 1. The van der Waals surface area contributed by atoms with Crippen molar-refractivity contribution in [2.24, 2.45) is 4.40 Å². The van der Waals surface area contributed by atoms with Crippen LogP contribution in [0.25, 0.3) is 0 Å². The van der Waals surface area contributed by atoms with Gasteiger partial charge in [-0.1, -0.05) is 63.6 Å². The minimum absolute atomic E-state index is 0.00447. The minimum Gasteiger partial charge on any atom is -0.326 e. The quantitative estimate of drug-likeness (QED) is 0.461. The van der Waals surface area contributed by atoms with Crippen LogP contribution in [-0.2, 0) is 19.6 Å². The number of halogens is 1. The summed E-state index contributed by atoms with van der Waals surface area (Å²) in [7, 11) is -4.08. The zero-order valence-electron chi connectivity index (χ0n) is 18.0. The lowest BCUT2D eigenvalue weighted by Crippen LogP contribution is -2.33. The van der Waals surface area contributed by atoms with Crippen LogP contribution in [0.2, 0.25) is 0 Å². The van der Waals surface area contributed by atoms with E-state index in [0.717, 1.165) is 21.8 Å². The van der Waals surface area contributed by atoms with Gasteiger partial charge in [0, 0.05) is 16.6 Å². The molecule has 1 aliphatic rings. The van der Waals surface area contributed by atoms with Gasteiger partial charge in [0.15, 0.2) is 5.17 Å². The van der Waals surface area contributed by atoms with Gasteiger partial charge in [-0.15, -0.1) is 4.40 Å². The van der Waals surface area contributed by atoms with Crippen LogP contribution in [0.1, 0.15) is 12.0 Å². The Kier molecular flexibility index (Phi) is 7.20. The summed E-state index contributed by atoms with van der Waals surface area (Å²) in [6.45, 7) is 1.95. The third-order valence-electron chi connectivity index (χ3n) is 4.97. The second-order valence-corrected chi connectivity index (χ2v) is 11.2. The van der Waals surface area contributed by atoms with Crippen LogP contribution in [-0.4, -0.2) is 30.6 Å². The minimum atomic E-state index is -4.08. The van der Waals surface area contributed by atoms with Crippen LogP contribution in [0, 0.1) is 6.92 Å². The van der Waals surface area contributed by atoms with Gasteiger partial charge in [-0.05, 0) is 55.5 Å². The zero-order chi connectivity index (χ0) is 24.3. The number of rotatable bonds is 6. The second-order valence-electron chi connectivity index (χ2n) is 7.54. The Morgan fingerprint density at radius 3 is 2.32 bits per heavy atom. The average molecular weight is 558 g/mol. The summed E-state index contributed by atoms with van der Waals surface area (Å²) in [4.78, 5) is 27.1. The number of sulfonamides is 1. The zero-order valence-corrected chi connectivity index (χ0v) is 21.2. The summed E-state index contributed by atoms with van der Waals surface area (Å²) in [5.41, 5.74) is 2.16. The molecule has 1 fully saturated rings. The number of nitrogens with zero attached hydrogens (tertiary/aromatic N) is 2. The molecule has 0 saturated carbocycles. The number of amidine groups is 1. The molecule has 0 unspecified atom stereocenters. The van der Waals surface area contributed by atoms with E-state index in [0.29, 0.717) is 11.4 Å². The predicted molar refractivity (Wildman–Crippen MR) is 138 cm³/mol. The largest absolute Gasteiger partial charge is 0.326 e. The van der Waals surface area contributed by atoms with Gasteiger partial charge in [0.2, 0.25) is 11.8 Å². The maximum atomic E-state index is 13.3. The SMILES string of the molecule is Cc1ccc(NC(=O)C[C@@H]2SC(=NS(=O)(=O)c3ccc(Br)cc3)N(c3ccccc3)C2=O)cc1. The Morgan fingerprint density at radius 1 is 1.03 bits per heavy atom. The second kappa shape index (κ2) is 10.1. The third-order valence-corrected chi connectivity index (χ3v) is 8.03. The monoisotopic (exact) mass is 557 g/mol. The predicted octanol–water partition coefficient (Wildman–Crippen LogP) is 4.98. The van der Waals surface area contributed by atoms with E-state index in [-0.39, 0.29) is 22.4 Å². The van der Waals surface area contributed by atoms with Gasteiger partial charge in [0.05, 0.1) is 10.6 Å². The molecule has 4 rings (SSSR count). The standard InChI is InChI=1S/C24H20BrN3O4S2/c1-16-7-11-18(12-8-16)26-22(29)15-21-23(30)28(19-5-3-2-4-6-19)24(33-21)27-34(31,32)20-13-9-17(25)10-14-20/h2-14,21H,15H2,1H3,(H,26,29)/t21-/m0/s1. The number of carbonyl (C=O) groups is 2. The van der Waals surface area contributed by atoms with Gasteiger partial charge in [-0.3, -0.25) is 14.5 Å². The molecule has 2 amide bonds. The first-order valence-electron chi connectivity index (χ1n) is 10.3. The van der Waals surface area contributed by atoms with Crippen LogP contribution >= 0.6 is 27.7 Å². The van der Waals surface area contributed by atoms with Crippen LogP contribution in [0.4, 0.5) is 11.4 Å². The van der Waals surface area contributed by atoms with E-state index in [9.17, 15) is 18.0 Å². The molecule has 0 spiro atoms. The number of hydrogen-bond donors (Lipinski definition) is 1. The molecule has 0 aliphatic carbocycles. The molecular weight excluding hydrogens is 538 g/mol. The normalized spacial score (nSPS) is 17.2. The fraction of sp³-hybridized carbons (Fsp3) is 0.125. The number of carbonyl (C=O) groups excluding carboxylic acids is 2. The van der Waals surface area contributed by atoms with Gasteiger partial charge < -0.3 is 5.32 Å². The molecule has 7 nitrogen and oxygen atoms in total. The van der Waals surface area contributed by atoms with E-state index in [2.05, 4.69) is 25.6 Å². The first-order chi connectivity index (χ1) is 16.2. The van der Waals surface area contributed by atoms with E-state index in [4.69, 9.17) is 0 Å². The Bertz CT molecular complexity index is 1340. The molecule has 1 atom stereocenters. The lowest BCUT2D eigenvalue weighted by atomic mass is 10.2. The molecule has 1 heterocycles. The summed E-state index contributed by atoms with van der Waals surface area (Å²) in [5.74, 6) is -0.750. The molecular formula is C24H20BrN3O4S2. The Hall–Kier alpha value is -2.95. The number of amides is 2. The molecule has 1 aliphatic heterocycles. The van der Waals surface area contributed by atoms with Crippen molar-refractivity contribution in [1.82, 2.24) is 0 Å². The molecule has 1 saturated heterocycles. The van der Waals surface area contributed by atoms with Crippen molar-refractivity contribution in [2.45, 2.75) is 23.5 Å². The molecule has 3 aromatic carbocycles. The number of thioether (sulfide) groups is 1. The number of nitrogens with one attached hydrogen (secondary N) is 1. The number of aryl methyl sites for hydroxylation is 1. The van der Waals surface area contributed by atoms with Gasteiger partial charge >= 0.3 is 0 Å². The Balaban J connectivity index is 1.61. The molecule has 10 heteroatoms. The van der Waals surface area contributed by atoms with Crippen LogP contribution < -0.4 is 10.2 Å². The average Bonchev–Trinajstić information content (AvgIpc) is 3.10. The van der Waals surface area contributed by atoms with Crippen molar-refractivity contribution >= 4 is 66.1 Å². The summed E-state index contributed by atoms with van der Waals surface area (Å²) >= 11 is 4.25. The van der Waals surface area contributed by atoms with Crippen molar-refractivity contribution in [1.29, 1.82) is 0 Å². The van der Waals surface area contributed by atoms with Crippen molar-refractivity contribution in [3.8, 4) is 0 Å². The molecule has 1 N–H and O–H groups in total. The number of anilines is 2. The Labute approximate surface area is 210 Å². The summed E-state index contributed by atoms with van der Waals surface area (Å²) < 4.78 is 30.6. The highest BCUT2D eigenvalue weighted by atomic mass is 79.9. The molecule has 0 bridgehead atoms. The smallest absolute Gasteiger partial charge is 0.284 e. The molecule has 0 aromatic heterocycles. The van der Waals surface area contributed by atoms with Crippen molar-refractivity contribution in [3.63, 3.8) is 0 Å². The number of benzene rings is 3. The van der Waals surface area contributed by atoms with E-state index < -0.39 is 21.2 Å². The molecule has 34 heavy (non-hydrogen) atoms. The van der Waals surface area contributed by atoms with E-state index in [1.165, 1.54) is 17.0 Å². The molecule has 174 valence electrons. The first kappa shape index (κ1) is 24.2. The van der Waals surface area contributed by atoms with Crippen LogP contribution in [0.3, 0.4) is 0 Å².